The Hall–Kier alpha value is -3.09. The number of allylic oxidation sites excluding steroid dienone is 2. The van der Waals surface area contributed by atoms with Crippen molar-refractivity contribution in [1.29, 1.82) is 0 Å². The second-order valence-electron chi connectivity index (χ2n) is 6.76. The Balaban J connectivity index is 1.54. The van der Waals surface area contributed by atoms with Crippen LogP contribution in [0.2, 0.25) is 0 Å². The molecular formula is C19H18N4O3. The van der Waals surface area contributed by atoms with Gasteiger partial charge in [-0.05, 0) is 36.8 Å². The number of amides is 1. The molecule has 1 amide bonds. The van der Waals surface area contributed by atoms with Gasteiger partial charge in [0.15, 0.2) is 0 Å². The summed E-state index contributed by atoms with van der Waals surface area (Å²) >= 11 is 0. The summed E-state index contributed by atoms with van der Waals surface area (Å²) in [5.74, 6) is 1.12. The SMILES string of the molecule is O=C1OCC=C2C=C(C=N2)c2n[nH]c3ccc(cc23)OCC2CCN1C2. The van der Waals surface area contributed by atoms with E-state index in [1.807, 2.05) is 30.4 Å². The number of nitrogens with one attached hydrogen (secondary N) is 1. The predicted molar refractivity (Wildman–Crippen MR) is 97.2 cm³/mol. The quantitative estimate of drug-likeness (QED) is 0.792. The van der Waals surface area contributed by atoms with Crippen LogP contribution in [0.4, 0.5) is 4.79 Å². The van der Waals surface area contributed by atoms with E-state index in [1.165, 1.54) is 0 Å². The summed E-state index contributed by atoms with van der Waals surface area (Å²) in [5, 5.41) is 8.50. The van der Waals surface area contributed by atoms with Crippen molar-refractivity contribution in [1.82, 2.24) is 15.1 Å². The number of aliphatic imine (C=N–C) groups is 1. The van der Waals surface area contributed by atoms with E-state index in [4.69, 9.17) is 9.47 Å². The molecule has 0 aliphatic carbocycles. The van der Waals surface area contributed by atoms with Crippen LogP contribution in [-0.4, -0.2) is 53.7 Å². The van der Waals surface area contributed by atoms with E-state index in [2.05, 4.69) is 15.2 Å². The third-order valence-corrected chi connectivity index (χ3v) is 4.99. The number of fused-ring (bicyclic) bond motifs is 5. The number of cyclic esters (lactones) is 1. The molecule has 0 spiro atoms. The van der Waals surface area contributed by atoms with Gasteiger partial charge in [0, 0.05) is 36.2 Å². The summed E-state index contributed by atoms with van der Waals surface area (Å²) in [6.07, 6.45) is 6.17. The maximum Gasteiger partial charge on any atom is 0.410 e. The largest absolute Gasteiger partial charge is 0.493 e. The number of aromatic amines is 1. The number of carbonyl (C=O) groups is 1. The molecule has 2 aromatic rings. The first-order chi connectivity index (χ1) is 12.8. The van der Waals surface area contributed by atoms with Crippen molar-refractivity contribution < 1.29 is 14.3 Å². The molecule has 0 saturated carbocycles. The van der Waals surface area contributed by atoms with Gasteiger partial charge in [-0.2, -0.15) is 5.10 Å². The average molecular weight is 350 g/mol. The van der Waals surface area contributed by atoms with Crippen molar-refractivity contribution in [3.8, 4) is 5.75 Å². The molecule has 26 heavy (non-hydrogen) atoms. The number of nitrogens with zero attached hydrogens (tertiary/aromatic N) is 3. The number of ether oxygens (including phenoxy) is 2. The lowest BCUT2D eigenvalue weighted by Crippen LogP contribution is -2.30. The third kappa shape index (κ3) is 2.65. The minimum absolute atomic E-state index is 0.207. The van der Waals surface area contributed by atoms with Crippen LogP contribution in [0.25, 0.3) is 16.5 Å². The molecule has 4 heterocycles. The molecule has 6 bridgehead atoms. The lowest BCUT2D eigenvalue weighted by Gasteiger charge is -2.16. The normalized spacial score (nSPS) is 22.4. The monoisotopic (exact) mass is 350 g/mol. The van der Waals surface area contributed by atoms with E-state index in [9.17, 15) is 4.79 Å². The van der Waals surface area contributed by atoms with E-state index in [0.717, 1.165) is 40.0 Å². The van der Waals surface area contributed by atoms with E-state index in [0.29, 0.717) is 25.6 Å². The zero-order valence-corrected chi connectivity index (χ0v) is 14.1. The van der Waals surface area contributed by atoms with E-state index >= 15 is 0 Å². The second kappa shape index (κ2) is 6.01. The Morgan fingerprint density at radius 2 is 2.23 bits per heavy atom. The molecule has 132 valence electrons. The van der Waals surface area contributed by atoms with Gasteiger partial charge >= 0.3 is 6.09 Å². The molecule has 1 aromatic heterocycles. The van der Waals surface area contributed by atoms with E-state index in [-0.39, 0.29) is 12.7 Å². The molecule has 7 nitrogen and oxygen atoms in total. The highest BCUT2D eigenvalue weighted by Crippen LogP contribution is 2.29. The van der Waals surface area contributed by atoms with Gasteiger partial charge in [-0.15, -0.1) is 0 Å². The first-order valence-electron chi connectivity index (χ1n) is 8.75. The van der Waals surface area contributed by atoms with Gasteiger partial charge in [-0.1, -0.05) is 0 Å². The van der Waals surface area contributed by atoms with Gasteiger partial charge in [0.1, 0.15) is 18.1 Å². The van der Waals surface area contributed by atoms with E-state index < -0.39 is 0 Å². The van der Waals surface area contributed by atoms with Gasteiger partial charge in [-0.3, -0.25) is 10.1 Å². The van der Waals surface area contributed by atoms with Gasteiger partial charge < -0.3 is 14.4 Å². The van der Waals surface area contributed by atoms with Crippen LogP contribution >= 0.6 is 0 Å². The van der Waals surface area contributed by atoms with Crippen LogP contribution in [0.3, 0.4) is 0 Å². The molecule has 3 aliphatic rings. The van der Waals surface area contributed by atoms with E-state index in [1.54, 1.807) is 11.1 Å². The van der Waals surface area contributed by atoms with Gasteiger partial charge in [0.2, 0.25) is 0 Å². The fourth-order valence-electron chi connectivity index (χ4n) is 3.56. The van der Waals surface area contributed by atoms with Crippen molar-refractivity contribution in [3.05, 3.63) is 41.7 Å². The first kappa shape index (κ1) is 15.2. The van der Waals surface area contributed by atoms with Gasteiger partial charge in [0.25, 0.3) is 0 Å². The zero-order chi connectivity index (χ0) is 17.5. The number of hydrogen-bond acceptors (Lipinski definition) is 5. The lowest BCUT2D eigenvalue weighted by molar-refractivity contribution is 0.118. The number of aromatic nitrogens is 2. The van der Waals surface area contributed by atoms with Gasteiger partial charge in [-0.25, -0.2) is 4.79 Å². The van der Waals surface area contributed by atoms with Crippen molar-refractivity contribution in [2.45, 2.75) is 6.42 Å². The number of rotatable bonds is 0. The summed E-state index contributed by atoms with van der Waals surface area (Å²) in [7, 11) is 0. The summed E-state index contributed by atoms with van der Waals surface area (Å²) < 4.78 is 11.3. The van der Waals surface area contributed by atoms with Crippen LogP contribution in [-0.2, 0) is 4.74 Å². The van der Waals surface area contributed by atoms with Crippen molar-refractivity contribution in [2.75, 3.05) is 26.3 Å². The number of H-pyrrole nitrogens is 1. The summed E-state index contributed by atoms with van der Waals surface area (Å²) in [6.45, 7) is 2.16. The van der Waals surface area contributed by atoms with Crippen molar-refractivity contribution in [3.63, 3.8) is 0 Å². The number of hydrogen-bond donors (Lipinski definition) is 1. The second-order valence-corrected chi connectivity index (χ2v) is 6.76. The fourth-order valence-corrected chi connectivity index (χ4v) is 3.56. The van der Waals surface area contributed by atoms with Crippen LogP contribution in [0.15, 0.2) is 41.0 Å². The lowest BCUT2D eigenvalue weighted by atomic mass is 10.1. The number of benzene rings is 1. The standard InChI is InChI=1S/C19H18N4O3/c24-19-23-5-3-12(10-23)11-26-15-1-2-17-16(8-15)18(22-21-17)13-7-14(20-9-13)4-6-25-19/h1-2,4,7-9,12H,3,5-6,10-11H2,(H,21,22). The molecule has 1 atom stereocenters. The minimum atomic E-state index is -0.279. The molecular weight excluding hydrogens is 332 g/mol. The third-order valence-electron chi connectivity index (χ3n) is 4.99. The topological polar surface area (TPSA) is 79.8 Å². The average Bonchev–Trinajstić information content (AvgIpc) is 3.38. The Kier molecular flexibility index (Phi) is 3.51. The highest BCUT2D eigenvalue weighted by molar-refractivity contribution is 6.16. The molecule has 1 unspecified atom stereocenters. The Bertz CT molecular complexity index is 972. The highest BCUT2D eigenvalue weighted by atomic mass is 16.6. The van der Waals surface area contributed by atoms with Crippen molar-refractivity contribution >= 4 is 28.8 Å². The zero-order valence-electron chi connectivity index (χ0n) is 14.1. The molecule has 1 aromatic carbocycles. The first-order valence-corrected chi connectivity index (χ1v) is 8.75. The minimum Gasteiger partial charge on any atom is -0.493 e. The Labute approximate surface area is 150 Å². The summed E-state index contributed by atoms with van der Waals surface area (Å²) in [5.41, 5.74) is 3.49. The molecule has 0 radical (unpaired) electrons. The number of carbonyl (C=O) groups excluding carboxylic acids is 1. The molecule has 7 heteroatoms. The maximum absolute atomic E-state index is 12.2. The Morgan fingerprint density at radius 3 is 3.19 bits per heavy atom. The smallest absolute Gasteiger partial charge is 0.410 e. The molecule has 1 fully saturated rings. The highest BCUT2D eigenvalue weighted by Gasteiger charge is 2.28. The van der Waals surface area contributed by atoms with Crippen LogP contribution in [0, 0.1) is 5.92 Å². The molecule has 1 N–H and O–H groups in total. The fraction of sp³-hybridized carbons (Fsp3) is 0.316. The van der Waals surface area contributed by atoms with Gasteiger partial charge in [0.05, 0.1) is 17.8 Å². The predicted octanol–water partition coefficient (Wildman–Crippen LogP) is 2.77. The summed E-state index contributed by atoms with van der Waals surface area (Å²) in [6, 6.07) is 5.93. The summed E-state index contributed by atoms with van der Waals surface area (Å²) in [4.78, 5) is 18.3. The maximum atomic E-state index is 12.2. The molecule has 3 aliphatic heterocycles. The Morgan fingerprint density at radius 1 is 1.27 bits per heavy atom. The van der Waals surface area contributed by atoms with Crippen LogP contribution in [0.1, 0.15) is 12.1 Å². The van der Waals surface area contributed by atoms with Crippen LogP contribution in [0.5, 0.6) is 5.75 Å². The van der Waals surface area contributed by atoms with Crippen LogP contribution < -0.4 is 4.74 Å². The molecule has 5 rings (SSSR count). The van der Waals surface area contributed by atoms with Crippen molar-refractivity contribution in [2.24, 2.45) is 10.9 Å². The molecule has 1 saturated heterocycles.